The van der Waals surface area contributed by atoms with Crippen molar-refractivity contribution in [2.24, 2.45) is 0 Å². The van der Waals surface area contributed by atoms with E-state index in [0.717, 1.165) is 23.3 Å². The summed E-state index contributed by atoms with van der Waals surface area (Å²) in [6, 6.07) is 3.87. The van der Waals surface area contributed by atoms with Gasteiger partial charge in [0.2, 0.25) is 0 Å². The van der Waals surface area contributed by atoms with Crippen LogP contribution >= 0.6 is 11.8 Å². The summed E-state index contributed by atoms with van der Waals surface area (Å²) in [5.74, 6) is 2.41. The normalized spacial score (nSPS) is 10.4. The average Bonchev–Trinajstić information content (AvgIpc) is 2.32. The molecule has 0 aliphatic rings. The van der Waals surface area contributed by atoms with E-state index in [4.69, 9.17) is 4.74 Å². The van der Waals surface area contributed by atoms with Gasteiger partial charge in [-0.2, -0.15) is 11.8 Å². The van der Waals surface area contributed by atoms with Gasteiger partial charge in [0, 0.05) is 0 Å². The minimum Gasteiger partial charge on any atom is -0.496 e. The third kappa shape index (κ3) is 3.77. The fourth-order valence-corrected chi connectivity index (χ4v) is 2.34. The van der Waals surface area contributed by atoms with Gasteiger partial charge in [-0.15, -0.1) is 0 Å². The van der Waals surface area contributed by atoms with Gasteiger partial charge < -0.3 is 4.74 Å². The van der Waals surface area contributed by atoms with Crippen LogP contribution in [0.2, 0.25) is 0 Å². The molecular weight excluding hydrogens is 232 g/mol. The molecule has 0 aliphatic heterocycles. The number of rotatable bonds is 6. The monoisotopic (exact) mass is 252 g/mol. The molecule has 0 fully saturated rings. The number of methoxy groups -OCH3 is 1. The number of benzene rings is 1. The van der Waals surface area contributed by atoms with Gasteiger partial charge in [-0.1, -0.05) is 6.92 Å². The van der Waals surface area contributed by atoms with Crippen molar-refractivity contribution >= 4 is 17.5 Å². The minimum atomic E-state index is 0.156. The average molecular weight is 252 g/mol. The second kappa shape index (κ2) is 6.70. The number of thioether (sulfide) groups is 1. The molecule has 0 aliphatic carbocycles. The number of ether oxygens (including phenoxy) is 1. The Morgan fingerprint density at radius 3 is 2.53 bits per heavy atom. The maximum absolute atomic E-state index is 12.1. The van der Waals surface area contributed by atoms with E-state index in [2.05, 4.69) is 6.92 Å². The molecule has 2 nitrogen and oxygen atoms in total. The zero-order chi connectivity index (χ0) is 12.8. The summed E-state index contributed by atoms with van der Waals surface area (Å²) in [5.41, 5.74) is 2.99. The molecule has 0 saturated carbocycles. The predicted molar refractivity (Wildman–Crippen MR) is 74.4 cm³/mol. The van der Waals surface area contributed by atoms with Crippen molar-refractivity contribution in [1.29, 1.82) is 0 Å². The summed E-state index contributed by atoms with van der Waals surface area (Å²) in [4.78, 5) is 12.1. The Bertz CT molecular complexity index is 399. The number of hydrogen-bond acceptors (Lipinski definition) is 3. The van der Waals surface area contributed by atoms with Crippen LogP contribution in [0.5, 0.6) is 5.75 Å². The van der Waals surface area contributed by atoms with Crippen LogP contribution in [-0.4, -0.2) is 24.4 Å². The molecule has 0 bridgehead atoms. The number of carbonyl (C=O) groups is 1. The molecule has 0 heterocycles. The molecule has 0 aromatic heterocycles. The fraction of sp³-hybridized carbons (Fsp3) is 0.500. The van der Waals surface area contributed by atoms with Crippen molar-refractivity contribution < 1.29 is 9.53 Å². The largest absolute Gasteiger partial charge is 0.496 e. The highest BCUT2D eigenvalue weighted by Crippen LogP contribution is 2.24. The van der Waals surface area contributed by atoms with Crippen molar-refractivity contribution in [1.82, 2.24) is 0 Å². The molecule has 0 unspecified atom stereocenters. The molecule has 1 aromatic rings. The third-order valence-electron chi connectivity index (χ3n) is 2.70. The molecule has 0 N–H and O–H groups in total. The maximum atomic E-state index is 12.1. The highest BCUT2D eigenvalue weighted by Gasteiger charge is 2.13. The van der Waals surface area contributed by atoms with Gasteiger partial charge in [0.15, 0.2) is 5.78 Å². The lowest BCUT2D eigenvalue weighted by atomic mass is 10.0. The van der Waals surface area contributed by atoms with Gasteiger partial charge >= 0.3 is 0 Å². The van der Waals surface area contributed by atoms with Crippen LogP contribution in [0.15, 0.2) is 12.1 Å². The summed E-state index contributed by atoms with van der Waals surface area (Å²) in [6.45, 7) is 6.16. The lowest BCUT2D eigenvalue weighted by molar-refractivity contribution is 0.101. The van der Waals surface area contributed by atoms with Crippen LogP contribution in [0.4, 0.5) is 0 Å². The van der Waals surface area contributed by atoms with Crippen LogP contribution in [0.25, 0.3) is 0 Å². The summed E-state index contributed by atoms with van der Waals surface area (Å²) < 4.78 is 5.28. The van der Waals surface area contributed by atoms with Gasteiger partial charge in [-0.3, -0.25) is 4.79 Å². The molecule has 0 spiro atoms. The molecule has 0 saturated heterocycles. The van der Waals surface area contributed by atoms with Gasteiger partial charge in [0.1, 0.15) is 5.75 Å². The van der Waals surface area contributed by atoms with Crippen molar-refractivity contribution in [2.75, 3.05) is 18.6 Å². The summed E-state index contributed by atoms with van der Waals surface area (Å²) >= 11 is 1.68. The molecule has 17 heavy (non-hydrogen) atoms. The fourth-order valence-electron chi connectivity index (χ4n) is 1.56. The third-order valence-corrected chi connectivity index (χ3v) is 3.86. The Morgan fingerprint density at radius 2 is 1.94 bits per heavy atom. The zero-order valence-corrected chi connectivity index (χ0v) is 11.8. The van der Waals surface area contributed by atoms with Crippen LogP contribution < -0.4 is 4.74 Å². The number of carbonyl (C=O) groups excluding carboxylic acids is 1. The molecule has 0 atom stereocenters. The van der Waals surface area contributed by atoms with Gasteiger partial charge in [-0.25, -0.2) is 0 Å². The number of Topliss-reactive ketones (excluding diaryl/α,β-unsaturated/α-hetero) is 1. The molecule has 1 aromatic carbocycles. The summed E-state index contributed by atoms with van der Waals surface area (Å²) in [5, 5.41) is 0. The van der Waals surface area contributed by atoms with Gasteiger partial charge in [0.25, 0.3) is 0 Å². The van der Waals surface area contributed by atoms with Crippen molar-refractivity contribution in [2.45, 2.75) is 27.2 Å². The van der Waals surface area contributed by atoms with Crippen molar-refractivity contribution in [3.8, 4) is 5.75 Å². The number of aryl methyl sites for hydroxylation is 2. The lowest BCUT2D eigenvalue weighted by Gasteiger charge is -2.10. The molecule has 94 valence electrons. The van der Waals surface area contributed by atoms with E-state index in [1.807, 2.05) is 26.0 Å². The van der Waals surface area contributed by atoms with Crippen molar-refractivity contribution in [3.05, 3.63) is 28.8 Å². The van der Waals surface area contributed by atoms with E-state index in [1.54, 1.807) is 18.9 Å². The molecule has 0 amide bonds. The Balaban J connectivity index is 2.88. The predicted octanol–water partition coefficient (Wildman–Crippen LogP) is 3.64. The smallest absolute Gasteiger partial charge is 0.176 e. The first kappa shape index (κ1) is 14.1. The van der Waals surface area contributed by atoms with Crippen LogP contribution in [-0.2, 0) is 0 Å². The van der Waals surface area contributed by atoms with Crippen LogP contribution in [0, 0.1) is 13.8 Å². The molecular formula is C14H20O2S. The van der Waals surface area contributed by atoms with E-state index in [-0.39, 0.29) is 5.78 Å². The SMILES string of the molecule is CCCSCC(=O)c1cc(C)c(C)cc1OC. The van der Waals surface area contributed by atoms with E-state index in [9.17, 15) is 4.79 Å². The standard InChI is InChI=1S/C14H20O2S/c1-5-6-17-9-13(15)12-7-10(2)11(3)8-14(12)16-4/h7-8H,5-6,9H2,1-4H3. The lowest BCUT2D eigenvalue weighted by Crippen LogP contribution is -2.06. The first-order valence-electron chi connectivity index (χ1n) is 5.86. The Morgan fingerprint density at radius 1 is 1.29 bits per heavy atom. The van der Waals surface area contributed by atoms with E-state index in [1.165, 1.54) is 0 Å². The number of ketones is 1. The summed E-state index contributed by atoms with van der Waals surface area (Å²) in [6.07, 6.45) is 1.10. The van der Waals surface area contributed by atoms with E-state index < -0.39 is 0 Å². The topological polar surface area (TPSA) is 26.3 Å². The zero-order valence-electron chi connectivity index (χ0n) is 11.0. The van der Waals surface area contributed by atoms with Gasteiger partial charge in [-0.05, 0) is 49.3 Å². The van der Waals surface area contributed by atoms with E-state index in [0.29, 0.717) is 17.1 Å². The molecule has 0 radical (unpaired) electrons. The first-order chi connectivity index (χ1) is 8.10. The summed E-state index contributed by atoms with van der Waals surface area (Å²) in [7, 11) is 1.61. The van der Waals surface area contributed by atoms with Crippen LogP contribution in [0.3, 0.4) is 0 Å². The van der Waals surface area contributed by atoms with E-state index >= 15 is 0 Å². The Labute approximate surface area is 108 Å². The number of hydrogen-bond donors (Lipinski definition) is 0. The molecule has 1 rings (SSSR count). The Kier molecular flexibility index (Phi) is 5.56. The molecule has 3 heteroatoms. The van der Waals surface area contributed by atoms with Crippen molar-refractivity contribution in [3.63, 3.8) is 0 Å². The minimum absolute atomic E-state index is 0.156. The second-order valence-electron chi connectivity index (χ2n) is 4.11. The highest BCUT2D eigenvalue weighted by molar-refractivity contribution is 7.99. The quantitative estimate of drug-likeness (QED) is 0.571. The highest BCUT2D eigenvalue weighted by atomic mass is 32.2. The second-order valence-corrected chi connectivity index (χ2v) is 5.22. The first-order valence-corrected chi connectivity index (χ1v) is 7.01. The van der Waals surface area contributed by atoms with Crippen LogP contribution in [0.1, 0.15) is 34.8 Å². The Hall–Kier alpha value is -0.960. The maximum Gasteiger partial charge on any atom is 0.176 e. The van der Waals surface area contributed by atoms with Gasteiger partial charge in [0.05, 0.1) is 18.4 Å².